The predicted octanol–water partition coefficient (Wildman–Crippen LogP) is 3.95. The SMILES string of the molecule is O=C(CCSc1ccc(F)cc1)Nc1ncnc2sccc12. The predicted molar refractivity (Wildman–Crippen MR) is 87.8 cm³/mol. The third kappa shape index (κ3) is 3.61. The molecule has 0 radical (unpaired) electrons. The molecule has 1 aromatic carbocycles. The summed E-state index contributed by atoms with van der Waals surface area (Å²) in [4.78, 5) is 22.0. The lowest BCUT2D eigenvalue weighted by atomic mass is 10.3. The molecule has 0 spiro atoms. The van der Waals surface area contributed by atoms with E-state index in [2.05, 4.69) is 15.3 Å². The molecule has 0 saturated heterocycles. The van der Waals surface area contributed by atoms with Gasteiger partial charge in [0.05, 0.1) is 5.39 Å². The zero-order chi connectivity index (χ0) is 15.4. The van der Waals surface area contributed by atoms with Gasteiger partial charge in [-0.3, -0.25) is 4.79 Å². The number of aromatic nitrogens is 2. The molecule has 3 aromatic rings. The molecule has 0 saturated carbocycles. The quantitative estimate of drug-likeness (QED) is 0.718. The van der Waals surface area contributed by atoms with E-state index >= 15 is 0 Å². The summed E-state index contributed by atoms with van der Waals surface area (Å²) in [6.07, 6.45) is 1.80. The Kier molecular flexibility index (Phi) is 4.65. The van der Waals surface area contributed by atoms with E-state index in [-0.39, 0.29) is 11.7 Å². The maximum atomic E-state index is 12.8. The minimum Gasteiger partial charge on any atom is -0.310 e. The molecule has 0 unspecified atom stereocenters. The molecule has 4 nitrogen and oxygen atoms in total. The van der Waals surface area contributed by atoms with E-state index in [0.29, 0.717) is 18.0 Å². The number of amides is 1. The van der Waals surface area contributed by atoms with E-state index in [9.17, 15) is 9.18 Å². The minimum atomic E-state index is -0.259. The molecule has 112 valence electrons. The Morgan fingerprint density at radius 1 is 1.23 bits per heavy atom. The number of fused-ring (bicyclic) bond motifs is 1. The molecule has 2 aromatic heterocycles. The zero-order valence-electron chi connectivity index (χ0n) is 11.5. The molecule has 7 heteroatoms. The Bertz CT molecular complexity index is 789. The van der Waals surface area contributed by atoms with Crippen molar-refractivity contribution < 1.29 is 9.18 Å². The van der Waals surface area contributed by atoms with Gasteiger partial charge < -0.3 is 5.32 Å². The summed E-state index contributed by atoms with van der Waals surface area (Å²) in [5.41, 5.74) is 0. The molecule has 1 N–H and O–H groups in total. The van der Waals surface area contributed by atoms with Crippen LogP contribution >= 0.6 is 23.1 Å². The van der Waals surface area contributed by atoms with E-state index < -0.39 is 0 Å². The molecule has 0 fully saturated rings. The molecule has 0 bridgehead atoms. The van der Waals surface area contributed by atoms with Gasteiger partial charge in [-0.05, 0) is 35.7 Å². The lowest BCUT2D eigenvalue weighted by Crippen LogP contribution is -2.13. The van der Waals surface area contributed by atoms with Crippen molar-refractivity contribution in [2.75, 3.05) is 11.1 Å². The zero-order valence-corrected chi connectivity index (χ0v) is 13.1. The number of rotatable bonds is 5. The summed E-state index contributed by atoms with van der Waals surface area (Å²) in [6.45, 7) is 0. The van der Waals surface area contributed by atoms with Gasteiger partial charge >= 0.3 is 0 Å². The highest BCUT2D eigenvalue weighted by atomic mass is 32.2. The molecule has 3 rings (SSSR count). The summed E-state index contributed by atoms with van der Waals surface area (Å²) in [6, 6.07) is 8.13. The molecule has 22 heavy (non-hydrogen) atoms. The minimum absolute atomic E-state index is 0.0965. The smallest absolute Gasteiger partial charge is 0.226 e. The fourth-order valence-corrected chi connectivity index (χ4v) is 3.46. The van der Waals surface area contributed by atoms with Crippen molar-refractivity contribution in [3.8, 4) is 0 Å². The topological polar surface area (TPSA) is 54.9 Å². The van der Waals surface area contributed by atoms with Crippen LogP contribution in [0.25, 0.3) is 10.2 Å². The van der Waals surface area contributed by atoms with E-state index in [1.165, 1.54) is 41.6 Å². The monoisotopic (exact) mass is 333 g/mol. The van der Waals surface area contributed by atoms with E-state index in [1.807, 2.05) is 11.4 Å². The maximum absolute atomic E-state index is 12.8. The third-order valence-corrected chi connectivity index (χ3v) is 4.77. The average Bonchev–Trinajstić information content (AvgIpc) is 2.99. The first-order valence-electron chi connectivity index (χ1n) is 6.59. The number of nitrogens with one attached hydrogen (secondary N) is 1. The number of thiophene rings is 1. The summed E-state index contributed by atoms with van der Waals surface area (Å²) >= 11 is 3.02. The Balaban J connectivity index is 1.54. The van der Waals surface area contributed by atoms with Gasteiger partial charge in [-0.15, -0.1) is 23.1 Å². The van der Waals surface area contributed by atoms with Crippen LogP contribution in [0.3, 0.4) is 0 Å². The fourth-order valence-electron chi connectivity index (χ4n) is 1.88. The lowest BCUT2D eigenvalue weighted by molar-refractivity contribution is -0.115. The Morgan fingerprint density at radius 2 is 2.05 bits per heavy atom. The highest BCUT2D eigenvalue weighted by Gasteiger charge is 2.08. The van der Waals surface area contributed by atoms with Crippen molar-refractivity contribution in [3.05, 3.63) is 47.9 Å². The van der Waals surface area contributed by atoms with Crippen LogP contribution in [0.2, 0.25) is 0 Å². The first kappa shape index (κ1) is 14.9. The number of halogens is 1. The van der Waals surface area contributed by atoms with Crippen molar-refractivity contribution in [1.29, 1.82) is 0 Å². The van der Waals surface area contributed by atoms with Crippen molar-refractivity contribution in [3.63, 3.8) is 0 Å². The molecule has 2 heterocycles. The summed E-state index contributed by atoms with van der Waals surface area (Å²) in [7, 11) is 0. The highest BCUT2D eigenvalue weighted by molar-refractivity contribution is 7.99. The van der Waals surface area contributed by atoms with Crippen LogP contribution in [0.15, 0.2) is 46.9 Å². The number of carbonyl (C=O) groups excluding carboxylic acids is 1. The number of carbonyl (C=O) groups is 1. The molecule has 0 aliphatic heterocycles. The molecular weight excluding hydrogens is 321 g/mol. The molecule has 1 amide bonds. The normalized spacial score (nSPS) is 10.8. The standard InChI is InChI=1S/C15H12FN3OS2/c16-10-1-3-11(4-2-10)21-8-6-13(20)19-14-12-5-7-22-15(12)18-9-17-14/h1-5,7,9H,6,8H2,(H,17,18,19,20). The van der Waals surface area contributed by atoms with Crippen LogP contribution in [-0.2, 0) is 4.79 Å². The largest absolute Gasteiger partial charge is 0.310 e. The summed E-state index contributed by atoms with van der Waals surface area (Å²) in [5.74, 6) is 0.810. The van der Waals surface area contributed by atoms with Gasteiger partial charge in [-0.1, -0.05) is 0 Å². The number of nitrogens with zero attached hydrogens (tertiary/aromatic N) is 2. The van der Waals surface area contributed by atoms with Gasteiger partial charge in [0.25, 0.3) is 0 Å². The first-order chi connectivity index (χ1) is 10.7. The number of thioether (sulfide) groups is 1. The van der Waals surface area contributed by atoms with Gasteiger partial charge in [0.1, 0.15) is 22.8 Å². The second-order valence-corrected chi connectivity index (χ2v) is 6.53. The summed E-state index contributed by atoms with van der Waals surface area (Å²) in [5, 5.41) is 5.58. The van der Waals surface area contributed by atoms with Crippen molar-refractivity contribution >= 4 is 45.0 Å². The highest BCUT2D eigenvalue weighted by Crippen LogP contribution is 2.24. The number of benzene rings is 1. The van der Waals surface area contributed by atoms with Crippen LogP contribution in [0, 0.1) is 5.82 Å². The van der Waals surface area contributed by atoms with Crippen molar-refractivity contribution in [2.45, 2.75) is 11.3 Å². The number of anilines is 1. The lowest BCUT2D eigenvalue weighted by Gasteiger charge is -2.05. The molecule has 0 atom stereocenters. The molecule has 0 aliphatic rings. The van der Waals surface area contributed by atoms with Gasteiger partial charge in [0, 0.05) is 17.1 Å². The van der Waals surface area contributed by atoms with E-state index in [1.54, 1.807) is 12.1 Å². The third-order valence-electron chi connectivity index (χ3n) is 2.93. The van der Waals surface area contributed by atoms with Crippen LogP contribution in [-0.4, -0.2) is 21.6 Å². The van der Waals surface area contributed by atoms with Crippen molar-refractivity contribution in [1.82, 2.24) is 9.97 Å². The van der Waals surface area contributed by atoms with E-state index in [0.717, 1.165) is 15.1 Å². The molecular formula is C15H12FN3OS2. The maximum Gasteiger partial charge on any atom is 0.226 e. The Morgan fingerprint density at radius 3 is 2.86 bits per heavy atom. The van der Waals surface area contributed by atoms with Crippen LogP contribution in [0.1, 0.15) is 6.42 Å². The summed E-state index contributed by atoms with van der Waals surface area (Å²) < 4.78 is 12.8. The van der Waals surface area contributed by atoms with Crippen LogP contribution in [0.5, 0.6) is 0 Å². The molecule has 0 aliphatic carbocycles. The number of hydrogen-bond donors (Lipinski definition) is 1. The average molecular weight is 333 g/mol. The van der Waals surface area contributed by atoms with Crippen LogP contribution < -0.4 is 5.32 Å². The number of hydrogen-bond acceptors (Lipinski definition) is 5. The Hall–Kier alpha value is -1.99. The van der Waals surface area contributed by atoms with Crippen LogP contribution in [0.4, 0.5) is 10.2 Å². The van der Waals surface area contributed by atoms with Gasteiger partial charge in [0.15, 0.2) is 0 Å². The first-order valence-corrected chi connectivity index (χ1v) is 8.45. The van der Waals surface area contributed by atoms with Gasteiger partial charge in [-0.2, -0.15) is 0 Å². The second-order valence-electron chi connectivity index (χ2n) is 4.46. The van der Waals surface area contributed by atoms with E-state index in [4.69, 9.17) is 0 Å². The second kappa shape index (κ2) is 6.85. The van der Waals surface area contributed by atoms with Gasteiger partial charge in [0.2, 0.25) is 5.91 Å². The van der Waals surface area contributed by atoms with Gasteiger partial charge in [-0.25, -0.2) is 14.4 Å². The fraction of sp³-hybridized carbons (Fsp3) is 0.133. The van der Waals surface area contributed by atoms with Crippen molar-refractivity contribution in [2.24, 2.45) is 0 Å². The Labute approximate surface area is 134 Å².